The fourth-order valence-electron chi connectivity index (χ4n) is 2.94. The van der Waals surface area contributed by atoms with Crippen molar-refractivity contribution in [1.29, 1.82) is 0 Å². The van der Waals surface area contributed by atoms with E-state index in [2.05, 4.69) is 10.2 Å². The summed E-state index contributed by atoms with van der Waals surface area (Å²) >= 11 is 0. The molecule has 120 valence electrons. The van der Waals surface area contributed by atoms with Crippen LogP contribution < -0.4 is 10.1 Å². The van der Waals surface area contributed by atoms with Gasteiger partial charge in [-0.2, -0.15) is 0 Å². The lowest BCUT2D eigenvalue weighted by molar-refractivity contribution is -0.117. The minimum atomic E-state index is 0.0509. The number of carbonyl (C=O) groups is 1. The first-order chi connectivity index (χ1) is 10.8. The normalized spacial score (nSPS) is 21.9. The second kappa shape index (κ2) is 7.61. The highest BCUT2D eigenvalue weighted by molar-refractivity contribution is 5.92. The van der Waals surface area contributed by atoms with E-state index in [0.717, 1.165) is 44.0 Å². The molecule has 1 amide bonds. The van der Waals surface area contributed by atoms with E-state index >= 15 is 0 Å². The number of nitrogens with zero attached hydrogens (tertiary/aromatic N) is 1. The van der Waals surface area contributed by atoms with E-state index in [-0.39, 0.29) is 12.0 Å². The maximum absolute atomic E-state index is 12.0. The highest BCUT2D eigenvalue weighted by Crippen LogP contribution is 2.18. The highest BCUT2D eigenvalue weighted by atomic mass is 16.5. The van der Waals surface area contributed by atoms with Gasteiger partial charge < -0.3 is 14.8 Å². The summed E-state index contributed by atoms with van der Waals surface area (Å²) in [7, 11) is 0. The average molecular weight is 304 g/mol. The Morgan fingerprint density at radius 3 is 2.68 bits per heavy atom. The van der Waals surface area contributed by atoms with Crippen LogP contribution in [0.3, 0.4) is 0 Å². The predicted molar refractivity (Wildman–Crippen MR) is 85.2 cm³/mol. The molecule has 2 saturated heterocycles. The van der Waals surface area contributed by atoms with E-state index in [9.17, 15) is 4.79 Å². The zero-order chi connectivity index (χ0) is 15.2. The maximum atomic E-state index is 12.0. The van der Waals surface area contributed by atoms with Crippen LogP contribution >= 0.6 is 0 Å². The molecule has 0 saturated carbocycles. The van der Waals surface area contributed by atoms with Crippen LogP contribution in [-0.4, -0.2) is 49.8 Å². The number of likely N-dealkylation sites (tertiary alicyclic amines) is 1. The molecule has 0 bridgehead atoms. The summed E-state index contributed by atoms with van der Waals surface area (Å²) in [6.45, 7) is 3.99. The lowest BCUT2D eigenvalue weighted by atomic mass is 10.2. The minimum Gasteiger partial charge on any atom is -0.491 e. The van der Waals surface area contributed by atoms with Crippen molar-refractivity contribution in [1.82, 2.24) is 4.90 Å². The summed E-state index contributed by atoms with van der Waals surface area (Å²) in [4.78, 5) is 14.1. The van der Waals surface area contributed by atoms with Crippen molar-refractivity contribution in [2.75, 3.05) is 38.2 Å². The van der Waals surface area contributed by atoms with Crippen molar-refractivity contribution < 1.29 is 14.3 Å². The fourth-order valence-corrected chi connectivity index (χ4v) is 2.94. The smallest absolute Gasteiger partial charge is 0.238 e. The summed E-state index contributed by atoms with van der Waals surface area (Å²) in [5.74, 6) is 0.864. The molecule has 5 nitrogen and oxygen atoms in total. The SMILES string of the molecule is O=C(CN1CCCC1)Nc1ccc(OCC2CCCO2)cc1. The molecule has 1 atom stereocenters. The lowest BCUT2D eigenvalue weighted by Gasteiger charge is -2.14. The fraction of sp³-hybridized carbons (Fsp3) is 0.588. The molecular weight excluding hydrogens is 280 g/mol. The van der Waals surface area contributed by atoms with Gasteiger partial charge >= 0.3 is 0 Å². The van der Waals surface area contributed by atoms with Crippen LogP contribution in [-0.2, 0) is 9.53 Å². The Morgan fingerprint density at radius 2 is 2.00 bits per heavy atom. The second-order valence-corrected chi connectivity index (χ2v) is 6.00. The van der Waals surface area contributed by atoms with Crippen molar-refractivity contribution in [3.8, 4) is 5.75 Å². The van der Waals surface area contributed by atoms with Crippen LogP contribution in [0.15, 0.2) is 24.3 Å². The molecule has 0 aromatic heterocycles. The van der Waals surface area contributed by atoms with Crippen LogP contribution in [0.4, 0.5) is 5.69 Å². The van der Waals surface area contributed by atoms with Gasteiger partial charge in [-0.15, -0.1) is 0 Å². The van der Waals surface area contributed by atoms with Crippen LogP contribution in [0.1, 0.15) is 25.7 Å². The van der Waals surface area contributed by atoms with Gasteiger partial charge in [0, 0.05) is 12.3 Å². The zero-order valence-electron chi connectivity index (χ0n) is 12.9. The first kappa shape index (κ1) is 15.3. The van der Waals surface area contributed by atoms with Gasteiger partial charge in [-0.25, -0.2) is 0 Å². The van der Waals surface area contributed by atoms with E-state index in [1.807, 2.05) is 24.3 Å². The number of ether oxygens (including phenoxy) is 2. The first-order valence-electron chi connectivity index (χ1n) is 8.16. The third-order valence-electron chi connectivity index (χ3n) is 4.16. The second-order valence-electron chi connectivity index (χ2n) is 6.00. The van der Waals surface area contributed by atoms with Crippen molar-refractivity contribution in [2.24, 2.45) is 0 Å². The van der Waals surface area contributed by atoms with E-state index in [4.69, 9.17) is 9.47 Å². The maximum Gasteiger partial charge on any atom is 0.238 e. The van der Waals surface area contributed by atoms with Crippen molar-refractivity contribution in [3.63, 3.8) is 0 Å². The van der Waals surface area contributed by atoms with Gasteiger partial charge in [-0.1, -0.05) is 0 Å². The molecular formula is C17H24N2O3. The van der Waals surface area contributed by atoms with Gasteiger partial charge in [0.15, 0.2) is 0 Å². The Labute approximate surface area is 131 Å². The number of carbonyl (C=O) groups excluding carboxylic acids is 1. The van der Waals surface area contributed by atoms with E-state index in [1.165, 1.54) is 12.8 Å². The molecule has 22 heavy (non-hydrogen) atoms. The zero-order valence-corrected chi connectivity index (χ0v) is 12.9. The largest absolute Gasteiger partial charge is 0.491 e. The summed E-state index contributed by atoms with van der Waals surface area (Å²) in [6, 6.07) is 7.54. The quantitative estimate of drug-likeness (QED) is 0.876. The van der Waals surface area contributed by atoms with Gasteiger partial charge in [0.2, 0.25) is 5.91 Å². The van der Waals surface area contributed by atoms with Crippen molar-refractivity contribution >= 4 is 11.6 Å². The average Bonchev–Trinajstić information content (AvgIpc) is 3.20. The Bertz CT molecular complexity index is 477. The van der Waals surface area contributed by atoms with Crippen molar-refractivity contribution in [3.05, 3.63) is 24.3 Å². The van der Waals surface area contributed by atoms with Crippen LogP contribution in [0.2, 0.25) is 0 Å². The topological polar surface area (TPSA) is 50.8 Å². The summed E-state index contributed by atoms with van der Waals surface area (Å²) in [6.07, 6.45) is 4.81. The summed E-state index contributed by atoms with van der Waals surface area (Å²) in [5, 5.41) is 2.93. The Hall–Kier alpha value is -1.59. The van der Waals surface area contributed by atoms with Gasteiger partial charge in [0.1, 0.15) is 12.4 Å². The molecule has 2 aliphatic rings. The molecule has 3 rings (SSSR count). The van der Waals surface area contributed by atoms with Gasteiger partial charge in [-0.05, 0) is 63.0 Å². The Morgan fingerprint density at radius 1 is 1.23 bits per heavy atom. The summed E-state index contributed by atoms with van der Waals surface area (Å²) < 4.78 is 11.2. The molecule has 5 heteroatoms. The molecule has 0 aliphatic carbocycles. The molecule has 0 radical (unpaired) electrons. The van der Waals surface area contributed by atoms with E-state index in [1.54, 1.807) is 0 Å². The number of benzene rings is 1. The Balaban J connectivity index is 1.43. The third-order valence-corrected chi connectivity index (χ3v) is 4.16. The number of hydrogen-bond acceptors (Lipinski definition) is 4. The number of hydrogen-bond donors (Lipinski definition) is 1. The molecule has 2 heterocycles. The molecule has 1 N–H and O–H groups in total. The molecule has 2 aliphatic heterocycles. The minimum absolute atomic E-state index is 0.0509. The highest BCUT2D eigenvalue weighted by Gasteiger charge is 2.16. The van der Waals surface area contributed by atoms with Crippen LogP contribution in [0, 0.1) is 0 Å². The standard InChI is InChI=1S/C17H24N2O3/c20-17(12-19-9-1-2-10-19)18-14-5-7-15(8-6-14)22-13-16-4-3-11-21-16/h5-8,16H,1-4,9-13H2,(H,18,20). The van der Waals surface area contributed by atoms with Crippen molar-refractivity contribution in [2.45, 2.75) is 31.8 Å². The van der Waals surface area contributed by atoms with Gasteiger partial charge in [0.25, 0.3) is 0 Å². The Kier molecular flexibility index (Phi) is 5.29. The molecule has 0 spiro atoms. The molecule has 1 aromatic carbocycles. The molecule has 1 unspecified atom stereocenters. The van der Waals surface area contributed by atoms with Crippen LogP contribution in [0.25, 0.3) is 0 Å². The third kappa shape index (κ3) is 4.45. The lowest BCUT2D eigenvalue weighted by Crippen LogP contribution is -2.30. The monoisotopic (exact) mass is 304 g/mol. The van der Waals surface area contributed by atoms with E-state index in [0.29, 0.717) is 13.2 Å². The van der Waals surface area contributed by atoms with Gasteiger partial charge in [0.05, 0.1) is 12.6 Å². The van der Waals surface area contributed by atoms with Gasteiger partial charge in [-0.3, -0.25) is 9.69 Å². The van der Waals surface area contributed by atoms with E-state index < -0.39 is 0 Å². The summed E-state index contributed by atoms with van der Waals surface area (Å²) in [5.41, 5.74) is 0.814. The van der Waals surface area contributed by atoms with Crippen LogP contribution in [0.5, 0.6) is 5.75 Å². The number of amides is 1. The predicted octanol–water partition coefficient (Wildman–Crippen LogP) is 2.28. The first-order valence-corrected chi connectivity index (χ1v) is 8.16. The molecule has 1 aromatic rings. The number of anilines is 1. The number of rotatable bonds is 6. The number of nitrogens with one attached hydrogen (secondary N) is 1. The molecule has 2 fully saturated rings.